The third-order valence-corrected chi connectivity index (χ3v) is 4.21. The van der Waals surface area contributed by atoms with Crippen molar-refractivity contribution >= 4 is 23.2 Å². The van der Waals surface area contributed by atoms with Crippen molar-refractivity contribution in [3.05, 3.63) is 66.0 Å². The van der Waals surface area contributed by atoms with E-state index in [-0.39, 0.29) is 23.2 Å². The highest BCUT2D eigenvalue weighted by molar-refractivity contribution is 6.04. The first kappa shape index (κ1) is 20.2. The molecule has 27 heavy (non-hydrogen) atoms. The van der Waals surface area contributed by atoms with Crippen molar-refractivity contribution in [2.75, 3.05) is 29.9 Å². The van der Waals surface area contributed by atoms with Gasteiger partial charge in [0, 0.05) is 31.0 Å². The number of benzene rings is 1. The molecular formula is C21H26N4O2. The van der Waals surface area contributed by atoms with Crippen LogP contribution in [-0.2, 0) is 0 Å². The van der Waals surface area contributed by atoms with Crippen LogP contribution in [0.1, 0.15) is 40.4 Å². The summed E-state index contributed by atoms with van der Waals surface area (Å²) in [6, 6.07) is 10.7. The van der Waals surface area contributed by atoms with Gasteiger partial charge in [0.1, 0.15) is 11.4 Å². The summed E-state index contributed by atoms with van der Waals surface area (Å²) in [4.78, 5) is 30.9. The number of anilines is 2. The maximum atomic E-state index is 12.6. The molecule has 6 heteroatoms. The second-order valence-electron chi connectivity index (χ2n) is 6.03. The van der Waals surface area contributed by atoms with Crippen LogP contribution in [0.5, 0.6) is 0 Å². The number of nitrogens with one attached hydrogen (secondary N) is 2. The largest absolute Gasteiger partial charge is 0.372 e. The van der Waals surface area contributed by atoms with Gasteiger partial charge >= 0.3 is 0 Å². The molecular weight excluding hydrogens is 340 g/mol. The molecule has 2 rings (SSSR count). The number of pyridine rings is 1. The lowest BCUT2D eigenvalue weighted by molar-refractivity contribution is 0.0953. The van der Waals surface area contributed by atoms with Crippen LogP contribution in [0, 0.1) is 6.92 Å². The summed E-state index contributed by atoms with van der Waals surface area (Å²) in [5, 5.41) is 5.52. The lowest BCUT2D eigenvalue weighted by Gasteiger charge is -2.22. The number of carbonyl (C=O) groups excluding carboxylic acids is 2. The van der Waals surface area contributed by atoms with Crippen molar-refractivity contribution in [3.63, 3.8) is 0 Å². The molecule has 0 fully saturated rings. The number of hydrogen-bond donors (Lipinski definition) is 2. The van der Waals surface area contributed by atoms with E-state index in [9.17, 15) is 9.59 Å². The van der Waals surface area contributed by atoms with E-state index in [1.54, 1.807) is 24.3 Å². The Morgan fingerprint density at radius 1 is 1.11 bits per heavy atom. The number of rotatable bonds is 8. The lowest BCUT2D eigenvalue weighted by atomic mass is 10.1. The molecule has 0 unspecified atom stereocenters. The van der Waals surface area contributed by atoms with Gasteiger partial charge in [0.05, 0.1) is 0 Å². The van der Waals surface area contributed by atoms with Crippen LogP contribution >= 0.6 is 0 Å². The van der Waals surface area contributed by atoms with Gasteiger partial charge < -0.3 is 15.5 Å². The third-order valence-electron chi connectivity index (χ3n) is 4.21. The Bertz CT molecular complexity index is 829. The summed E-state index contributed by atoms with van der Waals surface area (Å²) in [5.74, 6) is -0.698. The molecule has 2 amide bonds. The van der Waals surface area contributed by atoms with E-state index in [1.807, 2.05) is 19.1 Å². The minimum atomic E-state index is -0.355. The number of aryl methyl sites for hydroxylation is 1. The van der Waals surface area contributed by atoms with Crippen molar-refractivity contribution in [2.45, 2.75) is 20.8 Å². The zero-order valence-corrected chi connectivity index (χ0v) is 16.1. The van der Waals surface area contributed by atoms with Gasteiger partial charge in [-0.15, -0.1) is 6.58 Å². The standard InChI is InChI=1S/C21H26N4O2/c1-5-13-22-20(26)18-9-8-10-19(23-18)21(27)24-17-12-11-16(14-15(17)4)25(6-2)7-3/h5,8-12,14H,1,6-7,13H2,2-4H3,(H,22,26)(H,24,27). The molecule has 0 radical (unpaired) electrons. The fraction of sp³-hybridized carbons (Fsp3) is 0.286. The number of aromatic nitrogens is 1. The highest BCUT2D eigenvalue weighted by Gasteiger charge is 2.13. The normalized spacial score (nSPS) is 10.2. The zero-order chi connectivity index (χ0) is 19.8. The first-order valence-corrected chi connectivity index (χ1v) is 9.03. The number of carbonyl (C=O) groups is 2. The summed E-state index contributed by atoms with van der Waals surface area (Å²) in [7, 11) is 0. The lowest BCUT2D eigenvalue weighted by Crippen LogP contribution is -2.25. The van der Waals surface area contributed by atoms with Crippen LogP contribution in [0.3, 0.4) is 0 Å². The predicted molar refractivity (Wildman–Crippen MR) is 109 cm³/mol. The summed E-state index contributed by atoms with van der Waals surface area (Å²) < 4.78 is 0. The SMILES string of the molecule is C=CCNC(=O)c1cccc(C(=O)Nc2ccc(N(CC)CC)cc2C)n1. The van der Waals surface area contributed by atoms with Gasteiger partial charge in [-0.1, -0.05) is 12.1 Å². The number of nitrogens with zero attached hydrogens (tertiary/aromatic N) is 2. The maximum Gasteiger partial charge on any atom is 0.274 e. The Morgan fingerprint density at radius 3 is 2.37 bits per heavy atom. The summed E-state index contributed by atoms with van der Waals surface area (Å²) in [6.45, 7) is 11.9. The van der Waals surface area contributed by atoms with E-state index in [2.05, 4.69) is 47.0 Å². The average Bonchev–Trinajstić information content (AvgIpc) is 2.69. The Balaban J connectivity index is 2.15. The molecule has 1 aromatic carbocycles. The van der Waals surface area contributed by atoms with Crippen LogP contribution in [0.2, 0.25) is 0 Å². The summed E-state index contributed by atoms with van der Waals surface area (Å²) in [5.41, 5.74) is 3.19. The Labute approximate surface area is 160 Å². The van der Waals surface area contributed by atoms with Gasteiger partial charge in [0.15, 0.2) is 0 Å². The molecule has 0 bridgehead atoms. The van der Waals surface area contributed by atoms with Crippen LogP contribution in [0.4, 0.5) is 11.4 Å². The van der Waals surface area contributed by atoms with E-state index < -0.39 is 0 Å². The van der Waals surface area contributed by atoms with Gasteiger partial charge in [0.2, 0.25) is 0 Å². The van der Waals surface area contributed by atoms with E-state index in [0.29, 0.717) is 6.54 Å². The Kier molecular flexibility index (Phi) is 7.11. The molecule has 142 valence electrons. The highest BCUT2D eigenvalue weighted by Crippen LogP contribution is 2.23. The quantitative estimate of drug-likeness (QED) is 0.702. The Hall–Kier alpha value is -3.15. The first-order chi connectivity index (χ1) is 13.0. The van der Waals surface area contributed by atoms with E-state index >= 15 is 0 Å². The zero-order valence-electron chi connectivity index (χ0n) is 16.1. The predicted octanol–water partition coefficient (Wildman–Crippen LogP) is 3.40. The number of amides is 2. The molecule has 0 aliphatic carbocycles. The van der Waals surface area contributed by atoms with Gasteiger partial charge in [0.25, 0.3) is 11.8 Å². The van der Waals surface area contributed by atoms with Crippen LogP contribution in [0.25, 0.3) is 0 Å². The van der Waals surface area contributed by atoms with Crippen molar-refractivity contribution < 1.29 is 9.59 Å². The highest BCUT2D eigenvalue weighted by atomic mass is 16.2. The molecule has 0 aliphatic rings. The molecule has 0 aliphatic heterocycles. The van der Waals surface area contributed by atoms with Crippen molar-refractivity contribution in [1.82, 2.24) is 10.3 Å². The van der Waals surface area contributed by atoms with E-state index in [4.69, 9.17) is 0 Å². The molecule has 6 nitrogen and oxygen atoms in total. The van der Waals surface area contributed by atoms with Crippen LogP contribution in [0.15, 0.2) is 49.1 Å². The summed E-state index contributed by atoms with van der Waals surface area (Å²) >= 11 is 0. The summed E-state index contributed by atoms with van der Waals surface area (Å²) in [6.07, 6.45) is 1.58. The maximum absolute atomic E-state index is 12.6. The average molecular weight is 366 g/mol. The topological polar surface area (TPSA) is 74.3 Å². The fourth-order valence-electron chi connectivity index (χ4n) is 2.70. The smallest absolute Gasteiger partial charge is 0.274 e. The Morgan fingerprint density at radius 2 is 1.78 bits per heavy atom. The molecule has 1 heterocycles. The second-order valence-corrected chi connectivity index (χ2v) is 6.03. The molecule has 0 saturated carbocycles. The van der Waals surface area contributed by atoms with Gasteiger partial charge in [-0.05, 0) is 56.7 Å². The van der Waals surface area contributed by atoms with Crippen LogP contribution < -0.4 is 15.5 Å². The molecule has 2 N–H and O–H groups in total. The molecule has 0 atom stereocenters. The van der Waals surface area contributed by atoms with E-state index in [1.165, 1.54) is 0 Å². The number of hydrogen-bond acceptors (Lipinski definition) is 4. The fourth-order valence-corrected chi connectivity index (χ4v) is 2.70. The van der Waals surface area contributed by atoms with Crippen molar-refractivity contribution in [1.29, 1.82) is 0 Å². The second kappa shape index (κ2) is 9.52. The van der Waals surface area contributed by atoms with Gasteiger partial charge in [-0.2, -0.15) is 0 Å². The minimum absolute atomic E-state index is 0.188. The minimum Gasteiger partial charge on any atom is -0.372 e. The third kappa shape index (κ3) is 5.17. The molecule has 0 saturated heterocycles. The molecule has 1 aromatic heterocycles. The van der Waals surface area contributed by atoms with E-state index in [0.717, 1.165) is 30.0 Å². The van der Waals surface area contributed by atoms with Gasteiger partial charge in [-0.3, -0.25) is 9.59 Å². The van der Waals surface area contributed by atoms with Crippen LogP contribution in [-0.4, -0.2) is 36.4 Å². The molecule has 2 aromatic rings. The van der Waals surface area contributed by atoms with Gasteiger partial charge in [-0.25, -0.2) is 4.98 Å². The monoisotopic (exact) mass is 366 g/mol. The molecule has 0 spiro atoms. The van der Waals surface area contributed by atoms with Crippen molar-refractivity contribution in [2.24, 2.45) is 0 Å². The first-order valence-electron chi connectivity index (χ1n) is 9.03. The van der Waals surface area contributed by atoms with Crippen molar-refractivity contribution in [3.8, 4) is 0 Å².